The summed E-state index contributed by atoms with van der Waals surface area (Å²) in [5.41, 5.74) is 0.358. The van der Waals surface area contributed by atoms with Crippen LogP contribution in [0.4, 0.5) is 10.1 Å². The second kappa shape index (κ2) is 5.92. The molecule has 19 heavy (non-hydrogen) atoms. The Bertz CT molecular complexity index is 513. The van der Waals surface area contributed by atoms with Gasteiger partial charge in [0.15, 0.2) is 0 Å². The molecule has 0 bridgehead atoms. The molecule has 0 aliphatic carbocycles. The van der Waals surface area contributed by atoms with Gasteiger partial charge in [0.25, 0.3) is 0 Å². The Labute approximate surface area is 112 Å². The lowest BCUT2D eigenvalue weighted by molar-refractivity contribution is -0.139. The van der Waals surface area contributed by atoms with Crippen molar-refractivity contribution in [2.24, 2.45) is 0 Å². The number of carboxylic acids is 1. The quantitative estimate of drug-likeness (QED) is 0.857. The van der Waals surface area contributed by atoms with Gasteiger partial charge in [0.05, 0.1) is 0 Å². The number of nitrogens with one attached hydrogen (secondary N) is 1. The molecule has 104 valence electrons. The number of rotatable bonds is 5. The number of benzene rings is 1. The summed E-state index contributed by atoms with van der Waals surface area (Å²) in [7, 11) is -1.85. The smallest absolute Gasteiger partial charge is 0.321 e. The third-order valence-corrected chi connectivity index (χ3v) is 4.31. The highest BCUT2D eigenvalue weighted by Gasteiger charge is 2.35. The van der Waals surface area contributed by atoms with Crippen molar-refractivity contribution < 1.29 is 23.3 Å². The number of halogens is 1. The number of amides is 1. The van der Waals surface area contributed by atoms with Crippen LogP contribution < -0.4 is 5.32 Å². The standard InChI is InChI=1S/C12H14FNO4S/c1-12(2,11(16)17)19(18)7-10(15)14-9-5-3-8(13)4-6-9/h3-6H,7H2,1-2H3,(H,14,15)(H,16,17). The summed E-state index contributed by atoms with van der Waals surface area (Å²) in [4.78, 5) is 22.5. The van der Waals surface area contributed by atoms with E-state index in [0.29, 0.717) is 5.69 Å². The first kappa shape index (κ1) is 15.3. The van der Waals surface area contributed by atoms with Gasteiger partial charge in [-0.05, 0) is 38.1 Å². The SMILES string of the molecule is CC(C)(C(=O)O)S(=O)CC(=O)Nc1ccc(F)cc1. The maximum absolute atomic E-state index is 12.7. The molecule has 1 unspecified atom stereocenters. The molecule has 0 radical (unpaired) electrons. The third-order valence-electron chi connectivity index (χ3n) is 2.47. The first-order chi connectivity index (χ1) is 8.73. The van der Waals surface area contributed by atoms with Crippen LogP contribution in [0.25, 0.3) is 0 Å². The lowest BCUT2D eigenvalue weighted by Crippen LogP contribution is -2.40. The minimum atomic E-state index is -1.85. The van der Waals surface area contributed by atoms with Crippen LogP contribution in [0.3, 0.4) is 0 Å². The molecule has 0 saturated carbocycles. The summed E-state index contributed by atoms with van der Waals surface area (Å²) in [6.07, 6.45) is 0. The summed E-state index contributed by atoms with van der Waals surface area (Å²) in [5.74, 6) is -2.69. The van der Waals surface area contributed by atoms with Gasteiger partial charge >= 0.3 is 5.97 Å². The van der Waals surface area contributed by atoms with Crippen molar-refractivity contribution in [3.63, 3.8) is 0 Å². The molecule has 2 N–H and O–H groups in total. The fraction of sp³-hybridized carbons (Fsp3) is 0.333. The summed E-state index contributed by atoms with van der Waals surface area (Å²) in [6.45, 7) is 2.58. The lowest BCUT2D eigenvalue weighted by Gasteiger charge is -2.17. The van der Waals surface area contributed by atoms with Crippen molar-refractivity contribution in [1.82, 2.24) is 0 Å². The van der Waals surface area contributed by atoms with Gasteiger partial charge in [-0.2, -0.15) is 0 Å². The molecule has 7 heteroatoms. The monoisotopic (exact) mass is 287 g/mol. The van der Waals surface area contributed by atoms with E-state index in [2.05, 4.69) is 5.32 Å². The molecule has 1 amide bonds. The molecule has 0 aliphatic rings. The number of carbonyl (C=O) groups excluding carboxylic acids is 1. The van der Waals surface area contributed by atoms with E-state index in [9.17, 15) is 18.2 Å². The van der Waals surface area contributed by atoms with E-state index in [4.69, 9.17) is 5.11 Å². The van der Waals surface area contributed by atoms with Crippen LogP contribution in [0, 0.1) is 5.82 Å². The van der Waals surface area contributed by atoms with Crippen molar-refractivity contribution in [2.75, 3.05) is 11.1 Å². The van der Waals surface area contributed by atoms with Crippen LogP contribution in [0.1, 0.15) is 13.8 Å². The number of aliphatic carboxylic acids is 1. The second-order valence-electron chi connectivity index (χ2n) is 4.36. The van der Waals surface area contributed by atoms with E-state index in [1.165, 1.54) is 38.1 Å². The van der Waals surface area contributed by atoms with Crippen LogP contribution in [0.5, 0.6) is 0 Å². The first-order valence-corrected chi connectivity index (χ1v) is 6.72. The molecule has 1 aromatic carbocycles. The van der Waals surface area contributed by atoms with Crippen molar-refractivity contribution >= 4 is 28.4 Å². The molecule has 0 spiro atoms. The Morgan fingerprint density at radius 1 is 1.32 bits per heavy atom. The average Bonchev–Trinajstić information content (AvgIpc) is 2.31. The molecular weight excluding hydrogens is 273 g/mol. The van der Waals surface area contributed by atoms with Crippen LogP contribution in [0.15, 0.2) is 24.3 Å². The lowest BCUT2D eigenvalue weighted by atomic mass is 10.2. The maximum atomic E-state index is 12.7. The highest BCUT2D eigenvalue weighted by atomic mass is 32.2. The van der Waals surface area contributed by atoms with Gasteiger partial charge < -0.3 is 10.4 Å². The summed E-state index contributed by atoms with van der Waals surface area (Å²) in [6, 6.07) is 5.07. The molecule has 1 rings (SSSR count). The zero-order valence-electron chi connectivity index (χ0n) is 10.5. The summed E-state index contributed by atoms with van der Waals surface area (Å²) < 4.78 is 22.9. The molecular formula is C12H14FNO4S. The summed E-state index contributed by atoms with van der Waals surface area (Å²) in [5, 5.41) is 11.3. The van der Waals surface area contributed by atoms with Crippen LogP contribution in [0.2, 0.25) is 0 Å². The van der Waals surface area contributed by atoms with E-state index in [-0.39, 0.29) is 0 Å². The summed E-state index contributed by atoms with van der Waals surface area (Å²) >= 11 is 0. The fourth-order valence-corrected chi connectivity index (χ4v) is 1.99. The minimum absolute atomic E-state index is 0.358. The van der Waals surface area contributed by atoms with E-state index in [0.717, 1.165) is 0 Å². The molecule has 5 nitrogen and oxygen atoms in total. The zero-order chi connectivity index (χ0) is 14.6. The molecule has 1 atom stereocenters. The third kappa shape index (κ3) is 4.13. The van der Waals surface area contributed by atoms with Crippen LogP contribution >= 0.6 is 0 Å². The Morgan fingerprint density at radius 2 is 1.84 bits per heavy atom. The van der Waals surface area contributed by atoms with Gasteiger partial charge in [0.1, 0.15) is 16.3 Å². The molecule has 0 aromatic heterocycles. The number of hydrogen-bond donors (Lipinski definition) is 2. The number of carbonyl (C=O) groups is 2. The normalized spacial score (nSPS) is 12.8. The average molecular weight is 287 g/mol. The molecule has 0 aliphatic heterocycles. The van der Waals surface area contributed by atoms with Crippen molar-refractivity contribution in [2.45, 2.75) is 18.6 Å². The van der Waals surface area contributed by atoms with Gasteiger partial charge in [0, 0.05) is 16.5 Å². The van der Waals surface area contributed by atoms with E-state index in [1.54, 1.807) is 0 Å². The van der Waals surface area contributed by atoms with Gasteiger partial charge in [-0.25, -0.2) is 4.39 Å². The fourth-order valence-electron chi connectivity index (χ4n) is 1.13. The predicted octanol–water partition coefficient (Wildman–Crippen LogP) is 1.38. The molecule has 0 saturated heterocycles. The second-order valence-corrected chi connectivity index (χ2v) is 6.36. The maximum Gasteiger partial charge on any atom is 0.321 e. The van der Waals surface area contributed by atoms with Crippen molar-refractivity contribution in [3.8, 4) is 0 Å². The van der Waals surface area contributed by atoms with E-state index in [1.807, 2.05) is 0 Å². The van der Waals surface area contributed by atoms with Gasteiger partial charge in [-0.3, -0.25) is 13.8 Å². The zero-order valence-corrected chi connectivity index (χ0v) is 11.3. The highest BCUT2D eigenvalue weighted by Crippen LogP contribution is 2.14. The predicted molar refractivity (Wildman–Crippen MR) is 69.8 cm³/mol. The topological polar surface area (TPSA) is 83.5 Å². The Balaban J connectivity index is 2.63. The Hall–Kier alpha value is -1.76. The molecule has 0 heterocycles. The van der Waals surface area contributed by atoms with E-state index >= 15 is 0 Å². The largest absolute Gasteiger partial charge is 0.480 e. The number of anilines is 1. The van der Waals surface area contributed by atoms with E-state index < -0.39 is 39.0 Å². The van der Waals surface area contributed by atoms with Gasteiger partial charge in [-0.1, -0.05) is 0 Å². The molecule has 0 fully saturated rings. The van der Waals surface area contributed by atoms with Crippen LogP contribution in [-0.2, 0) is 20.4 Å². The van der Waals surface area contributed by atoms with Crippen molar-refractivity contribution in [1.29, 1.82) is 0 Å². The minimum Gasteiger partial charge on any atom is -0.480 e. The number of carboxylic acid groups (broad SMARTS) is 1. The van der Waals surface area contributed by atoms with Gasteiger partial charge in [-0.15, -0.1) is 0 Å². The first-order valence-electron chi connectivity index (χ1n) is 5.41. The van der Waals surface area contributed by atoms with Gasteiger partial charge in [0.2, 0.25) is 5.91 Å². The number of hydrogen-bond acceptors (Lipinski definition) is 3. The highest BCUT2D eigenvalue weighted by molar-refractivity contribution is 7.88. The molecule has 1 aromatic rings. The Kier molecular flexibility index (Phi) is 4.77. The Morgan fingerprint density at radius 3 is 2.32 bits per heavy atom. The van der Waals surface area contributed by atoms with Crippen LogP contribution in [-0.4, -0.2) is 31.7 Å². The van der Waals surface area contributed by atoms with Crippen molar-refractivity contribution in [3.05, 3.63) is 30.1 Å².